The molecule has 0 spiro atoms. The van der Waals surface area contributed by atoms with Crippen LogP contribution < -0.4 is 4.90 Å². The van der Waals surface area contributed by atoms with Crippen LogP contribution in [0.4, 0.5) is 5.82 Å². The first-order chi connectivity index (χ1) is 12.4. The minimum atomic E-state index is -0.340. The van der Waals surface area contributed by atoms with E-state index in [4.69, 9.17) is 16.3 Å². The van der Waals surface area contributed by atoms with Crippen LogP contribution in [0.25, 0.3) is 10.2 Å². The molecule has 0 amide bonds. The number of rotatable bonds is 5. The summed E-state index contributed by atoms with van der Waals surface area (Å²) in [6, 6.07) is 0.216. The highest BCUT2D eigenvalue weighted by Crippen LogP contribution is 2.39. The summed E-state index contributed by atoms with van der Waals surface area (Å²) in [5, 5.41) is 10.5. The zero-order valence-corrected chi connectivity index (χ0v) is 16.9. The summed E-state index contributed by atoms with van der Waals surface area (Å²) in [6.07, 6.45) is 3.72. The Morgan fingerprint density at radius 3 is 2.88 bits per heavy atom. The van der Waals surface area contributed by atoms with E-state index in [1.165, 1.54) is 11.3 Å². The van der Waals surface area contributed by atoms with Gasteiger partial charge in [0.2, 0.25) is 5.28 Å². The molecule has 2 aromatic rings. The van der Waals surface area contributed by atoms with E-state index in [0.29, 0.717) is 16.1 Å². The van der Waals surface area contributed by atoms with Gasteiger partial charge in [0.15, 0.2) is 0 Å². The van der Waals surface area contributed by atoms with Gasteiger partial charge in [0.25, 0.3) is 0 Å². The first-order valence-electron chi connectivity index (χ1n) is 8.97. The molecule has 1 atom stereocenters. The van der Waals surface area contributed by atoms with Gasteiger partial charge < -0.3 is 14.7 Å². The smallest absolute Gasteiger partial charge is 0.348 e. The van der Waals surface area contributed by atoms with Crippen molar-refractivity contribution in [2.75, 3.05) is 18.1 Å². The highest BCUT2D eigenvalue weighted by molar-refractivity contribution is 7.20. The second-order valence-electron chi connectivity index (χ2n) is 6.86. The Labute approximate surface area is 162 Å². The molecule has 1 unspecified atom stereocenters. The van der Waals surface area contributed by atoms with E-state index >= 15 is 0 Å². The Balaban J connectivity index is 2.10. The summed E-state index contributed by atoms with van der Waals surface area (Å²) < 4.78 is 5.37. The molecule has 0 aromatic carbocycles. The molecule has 0 aliphatic carbocycles. The predicted octanol–water partition coefficient (Wildman–Crippen LogP) is 3.96. The fraction of sp³-hybridized carbons (Fsp3) is 0.611. The van der Waals surface area contributed by atoms with Crippen LogP contribution in [-0.2, 0) is 4.74 Å². The van der Waals surface area contributed by atoms with Crippen molar-refractivity contribution in [1.82, 2.24) is 9.97 Å². The predicted molar refractivity (Wildman–Crippen MR) is 104 cm³/mol. The normalized spacial score (nSPS) is 17.9. The summed E-state index contributed by atoms with van der Waals surface area (Å²) in [5.41, 5.74) is 0.829. The van der Waals surface area contributed by atoms with Crippen molar-refractivity contribution in [3.8, 4) is 0 Å². The number of carbonyl (C=O) groups excluding carboxylic acids is 1. The van der Waals surface area contributed by atoms with Gasteiger partial charge in [-0.05, 0) is 63.6 Å². The molecule has 1 aliphatic rings. The van der Waals surface area contributed by atoms with Gasteiger partial charge in [-0.2, -0.15) is 4.98 Å². The minimum Gasteiger partial charge on any atom is -0.459 e. The Bertz CT molecular complexity index is 807. The first-order valence-corrected chi connectivity index (χ1v) is 10.2. The van der Waals surface area contributed by atoms with Gasteiger partial charge in [-0.3, -0.25) is 0 Å². The molecule has 0 saturated carbocycles. The monoisotopic (exact) mass is 397 g/mol. The van der Waals surface area contributed by atoms with Gasteiger partial charge in [0.1, 0.15) is 15.5 Å². The number of piperidine rings is 1. The van der Waals surface area contributed by atoms with Crippen LogP contribution in [0.3, 0.4) is 0 Å². The summed E-state index contributed by atoms with van der Waals surface area (Å²) in [6.45, 7) is 6.55. The molecule has 6 nitrogen and oxygen atoms in total. The van der Waals surface area contributed by atoms with Crippen LogP contribution in [0, 0.1) is 6.92 Å². The van der Waals surface area contributed by atoms with Crippen molar-refractivity contribution in [3.63, 3.8) is 0 Å². The number of esters is 1. The molecule has 1 saturated heterocycles. The third-order valence-corrected chi connectivity index (χ3v) is 5.97. The number of fused-ring (bicyclic) bond motifs is 1. The van der Waals surface area contributed by atoms with Gasteiger partial charge in [-0.15, -0.1) is 11.3 Å². The maximum absolute atomic E-state index is 12.4. The van der Waals surface area contributed by atoms with Crippen LogP contribution in [0.15, 0.2) is 0 Å². The van der Waals surface area contributed by atoms with Gasteiger partial charge >= 0.3 is 5.97 Å². The highest BCUT2D eigenvalue weighted by atomic mass is 35.5. The molecule has 1 fully saturated rings. The lowest BCUT2D eigenvalue weighted by Gasteiger charge is -2.37. The van der Waals surface area contributed by atoms with Crippen LogP contribution in [0.5, 0.6) is 0 Å². The average molecular weight is 398 g/mol. The standard InChI is InChI=1S/C18H24ClN3O3S/c1-10(2)25-17(24)14-11(3)13-15(20-18(19)21-16(13)26-14)22-8-5-4-6-12(22)7-9-23/h10,12,23H,4-9H2,1-3H3. The van der Waals surface area contributed by atoms with Crippen molar-refractivity contribution in [1.29, 1.82) is 0 Å². The molecule has 0 radical (unpaired) electrons. The number of anilines is 1. The molecule has 26 heavy (non-hydrogen) atoms. The zero-order chi connectivity index (χ0) is 18.8. The molecular weight excluding hydrogens is 374 g/mol. The number of aryl methyl sites for hydroxylation is 1. The van der Waals surface area contributed by atoms with E-state index in [-0.39, 0.29) is 30.0 Å². The van der Waals surface area contributed by atoms with E-state index in [0.717, 1.165) is 42.6 Å². The topological polar surface area (TPSA) is 75.5 Å². The highest BCUT2D eigenvalue weighted by Gasteiger charge is 2.29. The van der Waals surface area contributed by atoms with Crippen molar-refractivity contribution in [2.24, 2.45) is 0 Å². The number of hydrogen-bond acceptors (Lipinski definition) is 7. The van der Waals surface area contributed by atoms with Crippen molar-refractivity contribution < 1.29 is 14.6 Å². The van der Waals surface area contributed by atoms with E-state index in [9.17, 15) is 9.90 Å². The van der Waals surface area contributed by atoms with Crippen LogP contribution in [0.2, 0.25) is 5.28 Å². The third-order valence-electron chi connectivity index (χ3n) is 4.63. The summed E-state index contributed by atoms with van der Waals surface area (Å²) in [4.78, 5) is 24.7. The summed E-state index contributed by atoms with van der Waals surface area (Å²) in [7, 11) is 0. The number of halogens is 1. The Morgan fingerprint density at radius 1 is 1.42 bits per heavy atom. The van der Waals surface area contributed by atoms with E-state index in [1.807, 2.05) is 20.8 Å². The molecule has 8 heteroatoms. The van der Waals surface area contributed by atoms with Crippen molar-refractivity contribution in [2.45, 2.75) is 58.6 Å². The quantitative estimate of drug-likeness (QED) is 0.608. The van der Waals surface area contributed by atoms with Crippen LogP contribution in [-0.4, -0.2) is 46.3 Å². The SMILES string of the molecule is Cc1c(C(=O)OC(C)C)sc2nc(Cl)nc(N3CCCCC3CCO)c12. The number of aliphatic hydroxyl groups excluding tert-OH is 1. The maximum atomic E-state index is 12.4. The van der Waals surface area contributed by atoms with Gasteiger partial charge in [-0.25, -0.2) is 9.78 Å². The largest absolute Gasteiger partial charge is 0.459 e. The summed E-state index contributed by atoms with van der Waals surface area (Å²) in [5.74, 6) is 0.420. The Morgan fingerprint density at radius 2 is 2.19 bits per heavy atom. The molecule has 3 rings (SSSR count). The summed E-state index contributed by atoms with van der Waals surface area (Å²) >= 11 is 7.48. The molecule has 0 bridgehead atoms. The third kappa shape index (κ3) is 3.80. The minimum absolute atomic E-state index is 0.137. The second kappa shape index (κ2) is 8.06. The second-order valence-corrected chi connectivity index (χ2v) is 8.20. The van der Waals surface area contributed by atoms with E-state index < -0.39 is 0 Å². The van der Waals surface area contributed by atoms with E-state index in [2.05, 4.69) is 14.9 Å². The fourth-order valence-corrected chi connectivity index (χ4v) is 4.76. The van der Waals surface area contributed by atoms with Crippen molar-refractivity contribution >= 4 is 44.9 Å². The maximum Gasteiger partial charge on any atom is 0.348 e. The number of carbonyl (C=O) groups is 1. The van der Waals surface area contributed by atoms with E-state index in [1.54, 1.807) is 0 Å². The number of ether oxygens (including phenoxy) is 1. The number of thiophene rings is 1. The Hall–Kier alpha value is -1.44. The van der Waals surface area contributed by atoms with Crippen LogP contribution >= 0.6 is 22.9 Å². The van der Waals surface area contributed by atoms with Gasteiger partial charge in [0, 0.05) is 19.2 Å². The van der Waals surface area contributed by atoms with Gasteiger partial charge in [0.05, 0.1) is 11.5 Å². The van der Waals surface area contributed by atoms with Crippen molar-refractivity contribution in [3.05, 3.63) is 15.7 Å². The molecule has 1 aliphatic heterocycles. The lowest BCUT2D eigenvalue weighted by atomic mass is 9.99. The zero-order valence-electron chi connectivity index (χ0n) is 15.3. The first kappa shape index (κ1) is 19.3. The Kier molecular flexibility index (Phi) is 5.99. The molecule has 3 heterocycles. The molecule has 1 N–H and O–H groups in total. The number of hydrogen-bond donors (Lipinski definition) is 1. The van der Waals surface area contributed by atoms with Gasteiger partial charge in [-0.1, -0.05) is 0 Å². The number of aliphatic hydroxyl groups is 1. The molecule has 2 aromatic heterocycles. The fourth-order valence-electron chi connectivity index (χ4n) is 3.49. The number of nitrogens with zero attached hydrogens (tertiary/aromatic N) is 3. The average Bonchev–Trinajstić information content (AvgIpc) is 2.91. The lowest BCUT2D eigenvalue weighted by molar-refractivity contribution is 0.0383. The van der Waals surface area contributed by atoms with Crippen LogP contribution in [0.1, 0.15) is 54.8 Å². The number of aromatic nitrogens is 2. The molecular formula is C18H24ClN3O3S. The lowest BCUT2D eigenvalue weighted by Crippen LogP contribution is -2.40. The molecule has 142 valence electrons.